The molecular formula is C27H43N4O2S2+. The molecule has 1 aromatic carbocycles. The molecule has 1 atom stereocenters. The molecule has 0 bridgehead atoms. The largest absolute Gasteiger partial charge is 0.388 e. The number of nitrogens with zero attached hydrogens (tertiary/aromatic N) is 1. The standard InChI is InChI=1S/C27H42N4O2S2/c1-21-18-23(29-3)19-22(2)24(21)11-17-35-20-31(35)14-12-27(13-15-31,26(28)33)30-25(32)10-8-6-5-7-9-16-34-4/h11,17-20,29H,5-10,12-16H2,1-4H3,(H2-,28,30,32,33)/p+1/b17-11+. The van der Waals surface area contributed by atoms with Gasteiger partial charge in [-0.2, -0.15) is 11.8 Å². The van der Waals surface area contributed by atoms with E-state index in [9.17, 15) is 9.59 Å². The van der Waals surface area contributed by atoms with Crippen molar-refractivity contribution in [2.45, 2.75) is 70.8 Å². The van der Waals surface area contributed by atoms with Crippen molar-refractivity contribution in [3.63, 3.8) is 0 Å². The van der Waals surface area contributed by atoms with Crippen molar-refractivity contribution in [3.8, 4) is 0 Å². The molecule has 8 heteroatoms. The van der Waals surface area contributed by atoms with Crippen molar-refractivity contribution in [1.82, 2.24) is 5.32 Å². The number of quaternary nitrogens is 1. The van der Waals surface area contributed by atoms with Gasteiger partial charge in [0.05, 0.1) is 23.8 Å². The third-order valence-corrected chi connectivity index (χ3v) is 10.2. The summed E-state index contributed by atoms with van der Waals surface area (Å²) in [4.78, 5) is 25.0. The van der Waals surface area contributed by atoms with E-state index in [2.05, 4.69) is 59.8 Å². The second-order valence-corrected chi connectivity index (χ2v) is 12.8. The number of benzene rings is 1. The first-order valence-electron chi connectivity index (χ1n) is 12.8. The lowest BCUT2D eigenvalue weighted by molar-refractivity contribution is -0.674. The van der Waals surface area contributed by atoms with Crippen LogP contribution in [0.2, 0.25) is 0 Å². The average Bonchev–Trinajstić information content (AvgIpc) is 3.51. The molecule has 2 aliphatic rings. The average molecular weight is 520 g/mol. The van der Waals surface area contributed by atoms with Gasteiger partial charge >= 0.3 is 0 Å². The molecule has 1 saturated heterocycles. The van der Waals surface area contributed by atoms with Gasteiger partial charge in [-0.3, -0.25) is 9.59 Å². The van der Waals surface area contributed by atoms with E-state index in [1.54, 1.807) is 0 Å². The maximum absolute atomic E-state index is 12.6. The summed E-state index contributed by atoms with van der Waals surface area (Å²) in [5.74, 6) is 0.777. The van der Waals surface area contributed by atoms with Gasteiger partial charge in [0.1, 0.15) is 5.54 Å². The van der Waals surface area contributed by atoms with Crippen LogP contribution in [0.5, 0.6) is 0 Å². The Balaban J connectivity index is 1.49. The fourth-order valence-corrected chi connectivity index (χ4v) is 7.39. The molecule has 1 fully saturated rings. The van der Waals surface area contributed by atoms with Crippen LogP contribution in [0.3, 0.4) is 0 Å². The number of carbonyl (C=O) groups excluding carboxylic acids is 2. The van der Waals surface area contributed by atoms with E-state index in [1.165, 1.54) is 41.7 Å². The summed E-state index contributed by atoms with van der Waals surface area (Å²) in [6, 6.07) is 4.35. The molecule has 2 aliphatic heterocycles. The topological polar surface area (TPSA) is 84.2 Å². The zero-order valence-corrected chi connectivity index (χ0v) is 23.5. The highest BCUT2D eigenvalue weighted by Gasteiger charge is 2.53. The predicted molar refractivity (Wildman–Crippen MR) is 154 cm³/mol. The Kier molecular flexibility index (Phi) is 9.90. The molecule has 0 aliphatic carbocycles. The number of carbonyl (C=O) groups is 2. The molecule has 0 aromatic heterocycles. The first-order chi connectivity index (χ1) is 16.7. The molecule has 3 rings (SSSR count). The summed E-state index contributed by atoms with van der Waals surface area (Å²) >= 11 is 1.88. The Morgan fingerprint density at radius 3 is 2.34 bits per heavy atom. The molecule has 0 saturated carbocycles. The summed E-state index contributed by atoms with van der Waals surface area (Å²) in [6.45, 7) is 5.97. The van der Waals surface area contributed by atoms with Gasteiger partial charge in [-0.05, 0) is 73.6 Å². The molecule has 0 radical (unpaired) electrons. The number of primary amides is 1. The molecule has 4 N–H and O–H groups in total. The van der Waals surface area contributed by atoms with Gasteiger partial charge < -0.3 is 16.4 Å². The second-order valence-electron chi connectivity index (χ2n) is 9.93. The Morgan fingerprint density at radius 1 is 1.11 bits per heavy atom. The summed E-state index contributed by atoms with van der Waals surface area (Å²) in [6.07, 6.45) is 11.6. The van der Waals surface area contributed by atoms with Crippen molar-refractivity contribution < 1.29 is 13.5 Å². The molecule has 1 spiro atoms. The summed E-state index contributed by atoms with van der Waals surface area (Å²) in [5.41, 5.74) is 12.2. The smallest absolute Gasteiger partial charge is 0.243 e. The Bertz CT molecular complexity index is 958. The molecule has 1 unspecified atom stereocenters. The number of thioether (sulfide) groups is 1. The lowest BCUT2D eigenvalue weighted by atomic mass is 9.86. The number of nitrogens with one attached hydrogen (secondary N) is 2. The van der Waals surface area contributed by atoms with Crippen molar-refractivity contribution in [2.24, 2.45) is 5.73 Å². The van der Waals surface area contributed by atoms with Crippen LogP contribution in [0.15, 0.2) is 17.5 Å². The molecule has 2 amide bonds. The number of rotatable bonds is 13. The van der Waals surface area contributed by atoms with Gasteiger partial charge in [0.25, 0.3) is 0 Å². The van der Waals surface area contributed by atoms with E-state index in [4.69, 9.17) is 5.73 Å². The van der Waals surface area contributed by atoms with Gasteiger partial charge in [0, 0.05) is 37.4 Å². The molecule has 6 nitrogen and oxygen atoms in total. The Labute approximate surface area is 218 Å². The Hall–Kier alpha value is -1.77. The number of hydrogen-bond donors (Lipinski definition) is 3. The van der Waals surface area contributed by atoms with Crippen molar-refractivity contribution >= 4 is 51.5 Å². The van der Waals surface area contributed by atoms with Crippen LogP contribution in [-0.4, -0.2) is 58.9 Å². The molecular weight excluding hydrogens is 476 g/mol. The number of anilines is 1. The van der Waals surface area contributed by atoms with Gasteiger partial charge in [-0.15, -0.1) is 0 Å². The SMILES string of the molecule is CNc1cc(C)c(/C=C/S2=C[N+]23CCC(NC(=O)CCCCCCCSC)(C(N)=O)CC3)c(C)c1. The van der Waals surface area contributed by atoms with E-state index in [1.807, 2.05) is 18.8 Å². The van der Waals surface area contributed by atoms with Crippen LogP contribution >= 0.6 is 22.4 Å². The van der Waals surface area contributed by atoms with Crippen LogP contribution in [0.4, 0.5) is 5.69 Å². The van der Waals surface area contributed by atoms with Crippen LogP contribution in [-0.2, 0) is 9.59 Å². The number of unbranched alkanes of at least 4 members (excludes halogenated alkanes) is 4. The fraction of sp³-hybridized carbons (Fsp3) is 0.593. The molecule has 35 heavy (non-hydrogen) atoms. The van der Waals surface area contributed by atoms with E-state index in [-0.39, 0.29) is 16.6 Å². The maximum Gasteiger partial charge on any atom is 0.243 e. The monoisotopic (exact) mass is 519 g/mol. The summed E-state index contributed by atoms with van der Waals surface area (Å²) < 4.78 is 0.907. The van der Waals surface area contributed by atoms with Gasteiger partial charge in [-0.1, -0.05) is 19.3 Å². The predicted octanol–water partition coefficient (Wildman–Crippen LogP) is 4.93. The summed E-state index contributed by atoms with van der Waals surface area (Å²) in [7, 11) is 1.99. The number of piperidine rings is 1. The van der Waals surface area contributed by atoms with Crippen LogP contribution < -0.4 is 16.4 Å². The number of aryl methyl sites for hydroxylation is 2. The third kappa shape index (κ3) is 7.14. The molecule has 1 aromatic rings. The van der Waals surface area contributed by atoms with Crippen molar-refractivity contribution in [2.75, 3.05) is 37.5 Å². The normalized spacial score (nSPS) is 25.4. The minimum Gasteiger partial charge on any atom is -0.388 e. The van der Waals surface area contributed by atoms with E-state index in [0.717, 1.165) is 35.5 Å². The van der Waals surface area contributed by atoms with Gasteiger partial charge in [0.15, 0.2) is 5.49 Å². The van der Waals surface area contributed by atoms with Gasteiger partial charge in [-0.25, -0.2) is 3.89 Å². The number of amides is 2. The zero-order valence-electron chi connectivity index (χ0n) is 21.8. The van der Waals surface area contributed by atoms with Crippen LogP contribution in [0.25, 0.3) is 6.08 Å². The number of hydrogen-bond acceptors (Lipinski definition) is 4. The van der Waals surface area contributed by atoms with Crippen molar-refractivity contribution in [1.29, 1.82) is 0 Å². The zero-order chi connectivity index (χ0) is 25.5. The highest BCUT2D eigenvalue weighted by Crippen LogP contribution is 2.48. The quantitative estimate of drug-likeness (QED) is 0.196. The number of nitrogens with two attached hydrogens (primary N) is 1. The van der Waals surface area contributed by atoms with E-state index < -0.39 is 11.4 Å². The third-order valence-electron chi connectivity index (χ3n) is 7.37. The summed E-state index contributed by atoms with van der Waals surface area (Å²) in [5, 5.41) is 8.57. The minimum atomic E-state index is -0.899. The van der Waals surface area contributed by atoms with Crippen LogP contribution in [0.1, 0.15) is 68.1 Å². The molecule has 2 heterocycles. The second kappa shape index (κ2) is 12.5. The first kappa shape index (κ1) is 27.8. The maximum atomic E-state index is 12.6. The highest BCUT2D eigenvalue weighted by atomic mass is 32.2. The lowest BCUT2D eigenvalue weighted by Gasteiger charge is -2.38. The first-order valence-corrected chi connectivity index (χ1v) is 15.5. The van der Waals surface area contributed by atoms with E-state index >= 15 is 0 Å². The lowest BCUT2D eigenvalue weighted by Crippen LogP contribution is -2.63. The van der Waals surface area contributed by atoms with Gasteiger partial charge in [0.2, 0.25) is 11.8 Å². The highest BCUT2D eigenvalue weighted by molar-refractivity contribution is 8.18. The van der Waals surface area contributed by atoms with Crippen LogP contribution in [0, 0.1) is 13.8 Å². The Morgan fingerprint density at radius 2 is 1.74 bits per heavy atom. The molecule has 194 valence electrons. The van der Waals surface area contributed by atoms with E-state index in [0.29, 0.717) is 19.3 Å². The minimum absolute atomic E-state index is 0.0361. The van der Waals surface area contributed by atoms with Crippen molar-refractivity contribution in [3.05, 3.63) is 34.2 Å². The fourth-order valence-electron chi connectivity index (χ4n) is 4.99.